The molecule has 0 amide bonds. The summed E-state index contributed by atoms with van der Waals surface area (Å²) in [5.74, 6) is 0.621. The van der Waals surface area contributed by atoms with Gasteiger partial charge in [-0.25, -0.2) is 4.68 Å². The highest BCUT2D eigenvalue weighted by atomic mass is 15.6. The zero-order chi connectivity index (χ0) is 14.2. The summed E-state index contributed by atoms with van der Waals surface area (Å²) >= 11 is 0. The minimum absolute atomic E-state index is 0.582. The van der Waals surface area contributed by atoms with Crippen LogP contribution < -0.4 is 5.73 Å². The second-order valence-electron chi connectivity index (χ2n) is 4.48. The van der Waals surface area contributed by atoms with Crippen LogP contribution in [0, 0.1) is 0 Å². The van der Waals surface area contributed by atoms with E-state index in [1.807, 2.05) is 30.5 Å². The number of fused-ring (bicyclic) bond motifs is 1. The average Bonchev–Trinajstić information content (AvgIpc) is 3.16. The van der Waals surface area contributed by atoms with Gasteiger partial charge in [-0.3, -0.25) is 0 Å². The molecule has 1 aromatic carbocycles. The van der Waals surface area contributed by atoms with Crippen molar-refractivity contribution < 1.29 is 0 Å². The van der Waals surface area contributed by atoms with Crippen LogP contribution in [0.2, 0.25) is 0 Å². The van der Waals surface area contributed by atoms with Gasteiger partial charge in [0.05, 0.1) is 6.20 Å². The molecule has 0 spiro atoms. The number of benzene rings is 1. The van der Waals surface area contributed by atoms with E-state index in [4.69, 9.17) is 5.73 Å². The second-order valence-corrected chi connectivity index (χ2v) is 4.48. The molecule has 102 valence electrons. The maximum atomic E-state index is 5.98. The van der Waals surface area contributed by atoms with E-state index in [0.29, 0.717) is 17.2 Å². The van der Waals surface area contributed by atoms with E-state index >= 15 is 0 Å². The van der Waals surface area contributed by atoms with E-state index < -0.39 is 0 Å². The zero-order valence-electron chi connectivity index (χ0n) is 10.8. The maximum Gasteiger partial charge on any atom is 0.200 e. The van der Waals surface area contributed by atoms with Crippen molar-refractivity contribution in [3.63, 3.8) is 0 Å². The molecule has 0 saturated carbocycles. The molecule has 0 aliphatic carbocycles. The molecule has 3 heterocycles. The number of anilines is 1. The lowest BCUT2D eigenvalue weighted by atomic mass is 10.1. The average molecular weight is 278 g/mol. The summed E-state index contributed by atoms with van der Waals surface area (Å²) in [6.45, 7) is 0. The van der Waals surface area contributed by atoms with Gasteiger partial charge in [0.1, 0.15) is 0 Å². The minimum atomic E-state index is 0.582. The Balaban J connectivity index is 1.78. The molecule has 0 radical (unpaired) electrons. The fraction of sp³-hybridized carbons (Fsp3) is 0. The van der Waals surface area contributed by atoms with Crippen molar-refractivity contribution in [3.05, 3.63) is 48.8 Å². The fourth-order valence-electron chi connectivity index (χ4n) is 2.11. The Morgan fingerprint density at radius 3 is 2.86 bits per heavy atom. The van der Waals surface area contributed by atoms with Gasteiger partial charge in [-0.15, -0.1) is 14.8 Å². The Hall–Kier alpha value is -3.29. The summed E-state index contributed by atoms with van der Waals surface area (Å²) in [7, 11) is 0. The van der Waals surface area contributed by atoms with E-state index in [2.05, 4.69) is 25.7 Å². The van der Waals surface area contributed by atoms with Crippen molar-refractivity contribution in [3.8, 4) is 16.9 Å². The molecule has 0 saturated heterocycles. The molecule has 0 aliphatic rings. The standard InChI is InChI=1S/C13H10N8/c14-11-4-2-1-3-10(11)9-7-15-20(8-9)13-6-5-12-16-18-19-21(12)17-13/h1-8H,14H2. The molecule has 8 nitrogen and oxygen atoms in total. The summed E-state index contributed by atoms with van der Waals surface area (Å²) in [5, 5.41) is 19.7. The van der Waals surface area contributed by atoms with Crippen molar-refractivity contribution in [2.75, 3.05) is 5.73 Å². The van der Waals surface area contributed by atoms with E-state index in [9.17, 15) is 0 Å². The van der Waals surface area contributed by atoms with Gasteiger partial charge in [-0.05, 0) is 28.6 Å². The number of nitrogens with zero attached hydrogens (tertiary/aromatic N) is 7. The Morgan fingerprint density at radius 1 is 1.05 bits per heavy atom. The van der Waals surface area contributed by atoms with Crippen LogP contribution in [0.1, 0.15) is 0 Å². The molecular weight excluding hydrogens is 268 g/mol. The highest BCUT2D eigenvalue weighted by Crippen LogP contribution is 2.25. The van der Waals surface area contributed by atoms with E-state index in [1.165, 1.54) is 4.63 Å². The Kier molecular flexibility index (Phi) is 2.40. The molecule has 0 bridgehead atoms. The number of hydrogen-bond donors (Lipinski definition) is 1. The first-order chi connectivity index (χ1) is 10.3. The van der Waals surface area contributed by atoms with Gasteiger partial charge < -0.3 is 5.73 Å². The van der Waals surface area contributed by atoms with Crippen LogP contribution in [0.25, 0.3) is 22.6 Å². The van der Waals surface area contributed by atoms with Gasteiger partial charge in [0.25, 0.3) is 0 Å². The van der Waals surface area contributed by atoms with Crippen LogP contribution in [-0.4, -0.2) is 35.0 Å². The van der Waals surface area contributed by atoms with E-state index in [0.717, 1.165) is 11.1 Å². The molecule has 2 N–H and O–H groups in total. The Morgan fingerprint density at radius 2 is 1.95 bits per heavy atom. The second kappa shape index (κ2) is 4.37. The van der Waals surface area contributed by atoms with Crippen molar-refractivity contribution in [2.45, 2.75) is 0 Å². The first-order valence-corrected chi connectivity index (χ1v) is 6.26. The van der Waals surface area contributed by atoms with Gasteiger partial charge in [0.2, 0.25) is 0 Å². The fourth-order valence-corrected chi connectivity index (χ4v) is 2.11. The zero-order valence-corrected chi connectivity index (χ0v) is 10.8. The lowest BCUT2D eigenvalue weighted by molar-refractivity contribution is 0.702. The predicted molar refractivity (Wildman–Crippen MR) is 75.5 cm³/mol. The first kappa shape index (κ1) is 11.5. The molecular formula is C13H10N8. The van der Waals surface area contributed by atoms with Crippen molar-refractivity contribution >= 4 is 11.3 Å². The van der Waals surface area contributed by atoms with E-state index in [-0.39, 0.29) is 0 Å². The van der Waals surface area contributed by atoms with Crippen LogP contribution in [0.4, 0.5) is 5.69 Å². The molecule has 4 aromatic rings. The molecule has 0 unspecified atom stereocenters. The van der Waals surface area contributed by atoms with E-state index in [1.54, 1.807) is 23.0 Å². The third-order valence-corrected chi connectivity index (χ3v) is 3.14. The van der Waals surface area contributed by atoms with Crippen molar-refractivity contribution in [2.24, 2.45) is 0 Å². The van der Waals surface area contributed by atoms with Gasteiger partial charge >= 0.3 is 0 Å². The molecule has 21 heavy (non-hydrogen) atoms. The van der Waals surface area contributed by atoms with Gasteiger partial charge in [0, 0.05) is 23.0 Å². The normalized spacial score (nSPS) is 11.0. The van der Waals surface area contributed by atoms with Crippen LogP contribution in [-0.2, 0) is 0 Å². The molecule has 4 rings (SSSR count). The lowest BCUT2D eigenvalue weighted by Crippen LogP contribution is -2.03. The topological polar surface area (TPSA) is 99.8 Å². The number of aromatic nitrogens is 7. The summed E-state index contributed by atoms with van der Waals surface area (Å²) in [6.07, 6.45) is 3.61. The summed E-state index contributed by atoms with van der Waals surface area (Å²) in [4.78, 5) is 0. The monoisotopic (exact) mass is 278 g/mol. The Labute approximate surface area is 118 Å². The van der Waals surface area contributed by atoms with Crippen LogP contribution in [0.15, 0.2) is 48.8 Å². The lowest BCUT2D eigenvalue weighted by Gasteiger charge is -2.01. The van der Waals surface area contributed by atoms with Crippen LogP contribution >= 0.6 is 0 Å². The smallest absolute Gasteiger partial charge is 0.200 e. The number of nitrogen functional groups attached to an aromatic ring is 1. The highest BCUT2D eigenvalue weighted by molar-refractivity contribution is 5.75. The predicted octanol–water partition coefficient (Wildman–Crippen LogP) is 0.954. The molecule has 0 atom stereocenters. The van der Waals surface area contributed by atoms with Gasteiger partial charge in [0.15, 0.2) is 11.5 Å². The number of nitrogens with two attached hydrogens (primary N) is 1. The third kappa shape index (κ3) is 1.89. The summed E-state index contributed by atoms with van der Waals surface area (Å²) in [5.41, 5.74) is 9.13. The van der Waals surface area contributed by atoms with Crippen molar-refractivity contribution in [1.29, 1.82) is 0 Å². The molecule has 3 aromatic heterocycles. The number of tetrazole rings is 1. The Bertz CT molecular complexity index is 922. The van der Waals surface area contributed by atoms with Crippen LogP contribution in [0.3, 0.4) is 0 Å². The molecule has 0 fully saturated rings. The van der Waals surface area contributed by atoms with Crippen LogP contribution in [0.5, 0.6) is 0 Å². The quantitative estimate of drug-likeness (QED) is 0.548. The number of para-hydroxylation sites is 1. The maximum absolute atomic E-state index is 5.98. The number of rotatable bonds is 2. The molecule has 0 aliphatic heterocycles. The summed E-state index contributed by atoms with van der Waals surface area (Å²) in [6, 6.07) is 11.2. The SMILES string of the molecule is Nc1ccccc1-c1cnn(-c2ccc3nnnn3n2)c1. The van der Waals surface area contributed by atoms with Gasteiger partial charge in [-0.2, -0.15) is 5.10 Å². The third-order valence-electron chi connectivity index (χ3n) is 3.14. The first-order valence-electron chi connectivity index (χ1n) is 6.26. The molecule has 8 heteroatoms. The van der Waals surface area contributed by atoms with Gasteiger partial charge in [-0.1, -0.05) is 18.2 Å². The largest absolute Gasteiger partial charge is 0.398 e. The highest BCUT2D eigenvalue weighted by Gasteiger charge is 2.08. The number of hydrogen-bond acceptors (Lipinski definition) is 6. The van der Waals surface area contributed by atoms with Crippen molar-refractivity contribution in [1.82, 2.24) is 35.0 Å². The minimum Gasteiger partial charge on any atom is -0.398 e. The summed E-state index contributed by atoms with van der Waals surface area (Å²) < 4.78 is 3.01.